The molecule has 0 aliphatic carbocycles. The van der Waals surface area contributed by atoms with Gasteiger partial charge in [-0.25, -0.2) is 4.39 Å². The topological polar surface area (TPSA) is 9.23 Å². The lowest BCUT2D eigenvalue weighted by atomic mass is 10.1. The van der Waals surface area contributed by atoms with Gasteiger partial charge in [0.25, 0.3) is 0 Å². The van der Waals surface area contributed by atoms with Gasteiger partial charge in [0, 0.05) is 0 Å². The second-order valence-corrected chi connectivity index (χ2v) is 2.67. The summed E-state index contributed by atoms with van der Waals surface area (Å²) in [5.74, 6) is -1.80. The predicted octanol–water partition coefficient (Wildman–Crippen LogP) is 4.31. The second-order valence-electron chi connectivity index (χ2n) is 2.67. The monoisotopic (exact) mass is 238 g/mol. The van der Waals surface area contributed by atoms with Crippen LogP contribution in [0.25, 0.3) is 0 Å². The maximum Gasteiger partial charge on any atom is 0.573 e. The molecule has 0 amide bonds. The Morgan fingerprint density at radius 1 is 1.19 bits per heavy atom. The molecule has 92 valence electrons. The summed E-state index contributed by atoms with van der Waals surface area (Å²) in [5, 5.41) is 0. The van der Waals surface area contributed by atoms with Crippen LogP contribution in [0.2, 0.25) is 0 Å². The molecule has 1 rings (SSSR count). The number of aryl methyl sites for hydroxylation is 1. The number of alkyl halides is 3. The number of hydrogen-bond donors (Lipinski definition) is 0. The van der Waals surface area contributed by atoms with Crippen molar-refractivity contribution in [2.24, 2.45) is 0 Å². The van der Waals surface area contributed by atoms with Crippen LogP contribution in [0.1, 0.15) is 26.3 Å². The molecular formula is C11H14F4O. The smallest absolute Gasteiger partial charge is 0.403 e. The number of ether oxygens (including phenoxy) is 1. The summed E-state index contributed by atoms with van der Waals surface area (Å²) in [6.45, 7) is 5.78. The van der Waals surface area contributed by atoms with Gasteiger partial charge in [-0.2, -0.15) is 0 Å². The van der Waals surface area contributed by atoms with Crippen LogP contribution in [0.15, 0.2) is 18.2 Å². The van der Waals surface area contributed by atoms with E-state index < -0.39 is 17.9 Å². The van der Waals surface area contributed by atoms with E-state index in [1.165, 1.54) is 6.07 Å². The highest BCUT2D eigenvalue weighted by atomic mass is 19.4. The fourth-order valence-electron chi connectivity index (χ4n) is 0.972. The first kappa shape index (κ1) is 14.7. The van der Waals surface area contributed by atoms with Crippen molar-refractivity contribution in [1.82, 2.24) is 0 Å². The highest BCUT2D eigenvalue weighted by Crippen LogP contribution is 2.25. The van der Waals surface area contributed by atoms with Crippen molar-refractivity contribution in [3.8, 4) is 5.75 Å². The van der Waals surface area contributed by atoms with Crippen LogP contribution in [0.3, 0.4) is 0 Å². The summed E-state index contributed by atoms with van der Waals surface area (Å²) in [4.78, 5) is 0. The van der Waals surface area contributed by atoms with E-state index in [-0.39, 0.29) is 0 Å². The normalized spacial score (nSPS) is 10.4. The van der Waals surface area contributed by atoms with Gasteiger partial charge in [0.2, 0.25) is 0 Å². The van der Waals surface area contributed by atoms with Crippen LogP contribution in [-0.2, 0) is 6.42 Å². The first-order chi connectivity index (χ1) is 7.42. The van der Waals surface area contributed by atoms with Gasteiger partial charge in [0.1, 0.15) is 0 Å². The van der Waals surface area contributed by atoms with Gasteiger partial charge in [0.05, 0.1) is 0 Å². The summed E-state index contributed by atoms with van der Waals surface area (Å²) in [5.41, 5.74) is 0.622. The Morgan fingerprint density at radius 2 is 1.75 bits per heavy atom. The predicted molar refractivity (Wildman–Crippen MR) is 53.8 cm³/mol. The highest BCUT2D eigenvalue weighted by Gasteiger charge is 2.32. The number of hydrogen-bond acceptors (Lipinski definition) is 1. The molecule has 0 fully saturated rings. The first-order valence-corrected chi connectivity index (χ1v) is 4.96. The Hall–Kier alpha value is -1.26. The summed E-state index contributed by atoms with van der Waals surface area (Å²) < 4.78 is 51.5. The Labute approximate surface area is 92.0 Å². The van der Waals surface area contributed by atoms with Crippen molar-refractivity contribution in [3.05, 3.63) is 29.6 Å². The van der Waals surface area contributed by atoms with Gasteiger partial charge in [-0.05, 0) is 24.1 Å². The van der Waals surface area contributed by atoms with Crippen LogP contribution in [0.5, 0.6) is 5.75 Å². The van der Waals surface area contributed by atoms with Crippen LogP contribution in [-0.4, -0.2) is 6.36 Å². The minimum absolute atomic E-state index is 0.559. The Balaban J connectivity index is 0.00000106. The summed E-state index contributed by atoms with van der Waals surface area (Å²) in [6, 6.07) is 3.40. The molecule has 0 aliphatic heterocycles. The number of benzene rings is 1. The minimum atomic E-state index is -4.85. The molecule has 1 aromatic rings. The van der Waals surface area contributed by atoms with E-state index in [1.54, 1.807) is 6.92 Å². The molecule has 1 nitrogen and oxygen atoms in total. The van der Waals surface area contributed by atoms with Gasteiger partial charge in [-0.15, -0.1) is 13.2 Å². The molecule has 0 radical (unpaired) electrons. The van der Waals surface area contributed by atoms with Crippen LogP contribution in [0.4, 0.5) is 17.6 Å². The van der Waals surface area contributed by atoms with Crippen LogP contribution in [0, 0.1) is 5.82 Å². The quantitative estimate of drug-likeness (QED) is 0.697. The zero-order valence-electron chi connectivity index (χ0n) is 9.36. The number of halogens is 4. The zero-order valence-corrected chi connectivity index (χ0v) is 9.36. The Bertz CT molecular complexity index is 320. The van der Waals surface area contributed by atoms with Crippen LogP contribution < -0.4 is 4.74 Å². The molecule has 0 atom stereocenters. The molecule has 0 unspecified atom stereocenters. The van der Waals surface area contributed by atoms with Gasteiger partial charge < -0.3 is 4.74 Å². The molecule has 0 heterocycles. The van der Waals surface area contributed by atoms with Crippen molar-refractivity contribution in [2.45, 2.75) is 33.6 Å². The van der Waals surface area contributed by atoms with Crippen molar-refractivity contribution in [3.63, 3.8) is 0 Å². The van der Waals surface area contributed by atoms with E-state index >= 15 is 0 Å². The van der Waals surface area contributed by atoms with Crippen molar-refractivity contribution in [2.75, 3.05) is 0 Å². The van der Waals surface area contributed by atoms with E-state index in [4.69, 9.17) is 0 Å². The third-order valence-electron chi connectivity index (χ3n) is 1.63. The van der Waals surface area contributed by atoms with Crippen molar-refractivity contribution >= 4 is 0 Å². The molecule has 0 spiro atoms. The Kier molecular flexibility index (Phi) is 5.85. The summed E-state index contributed by atoms with van der Waals surface area (Å²) in [7, 11) is 0. The fourth-order valence-corrected chi connectivity index (χ4v) is 0.972. The van der Waals surface area contributed by atoms with E-state index in [2.05, 4.69) is 4.74 Å². The third-order valence-corrected chi connectivity index (χ3v) is 1.63. The number of rotatable bonds is 2. The average molecular weight is 238 g/mol. The summed E-state index contributed by atoms with van der Waals surface area (Å²) in [6.07, 6.45) is -4.29. The van der Waals surface area contributed by atoms with E-state index in [0.29, 0.717) is 12.0 Å². The molecular weight excluding hydrogens is 224 g/mol. The Morgan fingerprint density at radius 3 is 2.12 bits per heavy atom. The lowest BCUT2D eigenvalue weighted by Crippen LogP contribution is -2.17. The van der Waals surface area contributed by atoms with Gasteiger partial charge in [0.15, 0.2) is 11.6 Å². The third kappa shape index (κ3) is 5.00. The molecule has 1 aromatic carbocycles. The first-order valence-electron chi connectivity index (χ1n) is 4.96. The fraction of sp³-hybridized carbons (Fsp3) is 0.455. The molecule has 0 bridgehead atoms. The minimum Gasteiger partial charge on any atom is -0.403 e. The maximum atomic E-state index is 12.9. The summed E-state index contributed by atoms with van der Waals surface area (Å²) >= 11 is 0. The maximum absolute atomic E-state index is 12.9. The van der Waals surface area contributed by atoms with Gasteiger partial charge in [-0.3, -0.25) is 0 Å². The van der Waals surface area contributed by atoms with E-state index in [0.717, 1.165) is 12.1 Å². The van der Waals surface area contributed by atoms with E-state index in [1.807, 2.05) is 13.8 Å². The van der Waals surface area contributed by atoms with Gasteiger partial charge in [-0.1, -0.05) is 26.8 Å². The average Bonchev–Trinajstić information content (AvgIpc) is 2.22. The van der Waals surface area contributed by atoms with Gasteiger partial charge >= 0.3 is 6.36 Å². The second kappa shape index (κ2) is 6.35. The zero-order chi connectivity index (χ0) is 12.8. The lowest BCUT2D eigenvalue weighted by molar-refractivity contribution is -0.275. The van der Waals surface area contributed by atoms with Crippen LogP contribution >= 0.6 is 0 Å². The largest absolute Gasteiger partial charge is 0.573 e. The lowest BCUT2D eigenvalue weighted by Gasteiger charge is -2.09. The molecule has 0 aliphatic rings. The SMILES string of the molecule is CC.CCc1ccc(OC(F)(F)F)c(F)c1. The molecule has 0 N–H and O–H groups in total. The molecule has 0 aromatic heterocycles. The molecule has 0 saturated carbocycles. The molecule has 5 heteroatoms. The molecule has 0 saturated heterocycles. The van der Waals surface area contributed by atoms with Crippen molar-refractivity contribution in [1.29, 1.82) is 0 Å². The highest BCUT2D eigenvalue weighted by molar-refractivity contribution is 5.29. The molecule has 16 heavy (non-hydrogen) atoms. The standard InChI is InChI=1S/C9H8F4O.C2H6/c1-2-6-3-4-8(7(10)5-6)14-9(11,12)13;1-2/h3-5H,2H2,1H3;1-2H3. The van der Waals surface area contributed by atoms with E-state index in [9.17, 15) is 17.6 Å². The van der Waals surface area contributed by atoms with Crippen molar-refractivity contribution < 1.29 is 22.3 Å².